The van der Waals surface area contributed by atoms with Crippen molar-refractivity contribution in [2.75, 3.05) is 7.11 Å². The van der Waals surface area contributed by atoms with Crippen molar-refractivity contribution in [3.05, 3.63) is 58.9 Å². The van der Waals surface area contributed by atoms with E-state index in [1.807, 2.05) is 11.4 Å². The number of fused-ring (bicyclic) bond motifs is 1. The number of carbonyl (C=O) groups is 2. The zero-order chi connectivity index (χ0) is 17.1. The fourth-order valence-electron chi connectivity index (χ4n) is 2.41. The molecule has 0 saturated heterocycles. The topological polar surface area (TPSA) is 60.3 Å². The van der Waals surface area contributed by atoms with Crippen LogP contribution < -0.4 is 5.32 Å². The molecular formula is C17H15FN2O3S. The summed E-state index contributed by atoms with van der Waals surface area (Å²) in [7, 11) is 1.31. The third-order valence-corrected chi connectivity index (χ3v) is 4.55. The predicted molar refractivity (Wildman–Crippen MR) is 89.4 cm³/mol. The number of rotatable bonds is 5. The zero-order valence-electron chi connectivity index (χ0n) is 12.9. The van der Waals surface area contributed by atoms with Gasteiger partial charge in [-0.2, -0.15) is 0 Å². The van der Waals surface area contributed by atoms with Crippen LogP contribution in [0.2, 0.25) is 0 Å². The number of benzene rings is 1. The second kappa shape index (κ2) is 6.84. The van der Waals surface area contributed by atoms with Crippen LogP contribution in [0.3, 0.4) is 0 Å². The molecule has 2 heterocycles. The summed E-state index contributed by atoms with van der Waals surface area (Å²) in [4.78, 5) is 25.0. The van der Waals surface area contributed by atoms with Crippen LogP contribution >= 0.6 is 11.3 Å². The van der Waals surface area contributed by atoms with Gasteiger partial charge in [-0.15, -0.1) is 11.3 Å². The lowest BCUT2D eigenvalue weighted by Crippen LogP contribution is -2.28. The average Bonchev–Trinajstić information content (AvgIpc) is 3.16. The van der Waals surface area contributed by atoms with Crippen molar-refractivity contribution in [3.8, 4) is 0 Å². The molecule has 0 atom stereocenters. The summed E-state index contributed by atoms with van der Waals surface area (Å²) in [5.74, 6) is -1.04. The molecule has 7 heteroatoms. The van der Waals surface area contributed by atoms with Crippen molar-refractivity contribution in [1.29, 1.82) is 0 Å². The monoisotopic (exact) mass is 346 g/mol. The second-order valence-electron chi connectivity index (χ2n) is 5.19. The van der Waals surface area contributed by atoms with Gasteiger partial charge in [0, 0.05) is 11.9 Å². The van der Waals surface area contributed by atoms with Gasteiger partial charge >= 0.3 is 5.97 Å². The van der Waals surface area contributed by atoms with E-state index in [-0.39, 0.29) is 18.3 Å². The number of aromatic nitrogens is 1. The number of hydrogen-bond acceptors (Lipinski definition) is 4. The lowest BCUT2D eigenvalue weighted by atomic mass is 10.2. The van der Waals surface area contributed by atoms with Crippen molar-refractivity contribution in [3.63, 3.8) is 0 Å². The quantitative estimate of drug-likeness (QED) is 0.723. The van der Waals surface area contributed by atoms with Crippen molar-refractivity contribution >= 4 is 33.4 Å². The first kappa shape index (κ1) is 16.2. The van der Waals surface area contributed by atoms with Crippen LogP contribution in [0, 0.1) is 5.82 Å². The number of nitrogens with one attached hydrogen (secondary N) is 1. The van der Waals surface area contributed by atoms with E-state index in [9.17, 15) is 14.0 Å². The summed E-state index contributed by atoms with van der Waals surface area (Å²) in [6.45, 7) is 0.303. The molecule has 0 aliphatic carbocycles. The maximum Gasteiger partial charge on any atom is 0.354 e. The molecule has 1 N–H and O–H groups in total. The van der Waals surface area contributed by atoms with Gasteiger partial charge in [0.1, 0.15) is 22.9 Å². The van der Waals surface area contributed by atoms with Gasteiger partial charge in [-0.3, -0.25) is 4.79 Å². The van der Waals surface area contributed by atoms with E-state index >= 15 is 0 Å². The molecule has 0 spiro atoms. The highest BCUT2D eigenvalue weighted by atomic mass is 32.1. The van der Waals surface area contributed by atoms with Gasteiger partial charge in [-0.1, -0.05) is 12.1 Å². The van der Waals surface area contributed by atoms with Gasteiger partial charge in [0.05, 0.1) is 7.11 Å². The Hall–Kier alpha value is -2.67. The van der Waals surface area contributed by atoms with Crippen molar-refractivity contribution < 1.29 is 18.7 Å². The molecule has 124 valence electrons. The van der Waals surface area contributed by atoms with Crippen LogP contribution in [0.5, 0.6) is 0 Å². The van der Waals surface area contributed by atoms with Crippen LogP contribution in [0.15, 0.2) is 41.8 Å². The minimum absolute atomic E-state index is 0.00956. The highest BCUT2D eigenvalue weighted by Crippen LogP contribution is 2.25. The molecule has 0 aliphatic heterocycles. The lowest BCUT2D eigenvalue weighted by molar-refractivity contribution is -0.121. The van der Waals surface area contributed by atoms with Gasteiger partial charge in [0.25, 0.3) is 0 Å². The molecule has 2 aromatic heterocycles. The molecule has 0 radical (unpaired) electrons. The summed E-state index contributed by atoms with van der Waals surface area (Å²) in [6, 6.07) is 9.52. The molecule has 3 aromatic rings. The van der Waals surface area contributed by atoms with E-state index in [2.05, 4.69) is 5.32 Å². The van der Waals surface area contributed by atoms with E-state index in [0.29, 0.717) is 12.2 Å². The van der Waals surface area contributed by atoms with Crippen LogP contribution in [0.25, 0.3) is 10.2 Å². The van der Waals surface area contributed by atoms with Crippen LogP contribution in [-0.4, -0.2) is 23.6 Å². The Balaban J connectivity index is 1.73. The van der Waals surface area contributed by atoms with E-state index in [4.69, 9.17) is 4.74 Å². The Kier molecular flexibility index (Phi) is 4.61. The lowest BCUT2D eigenvalue weighted by Gasteiger charge is -2.09. The summed E-state index contributed by atoms with van der Waals surface area (Å²) in [5, 5.41) is 5.56. The van der Waals surface area contributed by atoms with Crippen LogP contribution in [0.4, 0.5) is 4.39 Å². The zero-order valence-corrected chi connectivity index (χ0v) is 13.7. The summed E-state index contributed by atoms with van der Waals surface area (Å²) in [6.07, 6.45) is 0. The molecule has 0 saturated carbocycles. The van der Waals surface area contributed by atoms with Crippen LogP contribution in [-0.2, 0) is 22.6 Å². The van der Waals surface area contributed by atoms with E-state index in [1.54, 1.807) is 22.8 Å². The standard InChI is InChI=1S/C17H15FN2O3S/c1-23-17(22)14-8-12-6-7-24-16(12)20(14)10-15(21)19-9-11-2-4-13(18)5-3-11/h2-8H,9-10H2,1H3,(H,19,21). The molecule has 24 heavy (non-hydrogen) atoms. The summed E-state index contributed by atoms with van der Waals surface area (Å²) in [5.41, 5.74) is 1.14. The molecule has 5 nitrogen and oxygen atoms in total. The number of amides is 1. The number of thiophene rings is 1. The van der Waals surface area contributed by atoms with Gasteiger partial charge in [-0.05, 0) is 35.2 Å². The minimum Gasteiger partial charge on any atom is -0.464 e. The predicted octanol–water partition coefficient (Wildman–Crippen LogP) is 2.94. The van der Waals surface area contributed by atoms with Gasteiger partial charge < -0.3 is 14.6 Å². The third kappa shape index (κ3) is 3.30. The van der Waals surface area contributed by atoms with Crippen LogP contribution in [0.1, 0.15) is 16.1 Å². The number of methoxy groups -OCH3 is 1. The molecular weight excluding hydrogens is 331 g/mol. The fraction of sp³-hybridized carbons (Fsp3) is 0.176. The Morgan fingerprint density at radius 3 is 2.71 bits per heavy atom. The van der Waals surface area contributed by atoms with E-state index in [1.165, 1.54) is 30.6 Å². The SMILES string of the molecule is COC(=O)c1cc2ccsc2n1CC(=O)NCc1ccc(F)cc1. The van der Waals surface area contributed by atoms with E-state index in [0.717, 1.165) is 15.8 Å². The highest BCUT2D eigenvalue weighted by Gasteiger charge is 2.18. The number of hydrogen-bond donors (Lipinski definition) is 1. The number of carbonyl (C=O) groups excluding carboxylic acids is 2. The van der Waals surface area contributed by atoms with Crippen molar-refractivity contribution in [2.24, 2.45) is 0 Å². The Morgan fingerprint density at radius 1 is 1.25 bits per heavy atom. The molecule has 1 aromatic carbocycles. The Labute approximate surface area is 141 Å². The third-order valence-electron chi connectivity index (χ3n) is 3.60. The Bertz CT molecular complexity index is 883. The fourth-order valence-corrected chi connectivity index (χ4v) is 3.30. The number of esters is 1. The summed E-state index contributed by atoms with van der Waals surface area (Å²) >= 11 is 1.45. The van der Waals surface area contributed by atoms with Gasteiger partial charge in [0.15, 0.2) is 0 Å². The Morgan fingerprint density at radius 2 is 2.00 bits per heavy atom. The number of halogens is 1. The summed E-state index contributed by atoms with van der Waals surface area (Å²) < 4.78 is 19.3. The minimum atomic E-state index is -0.482. The van der Waals surface area contributed by atoms with Gasteiger partial charge in [0.2, 0.25) is 5.91 Å². The normalized spacial score (nSPS) is 10.8. The smallest absolute Gasteiger partial charge is 0.354 e. The number of nitrogens with zero attached hydrogens (tertiary/aromatic N) is 1. The first-order chi connectivity index (χ1) is 11.6. The number of ether oxygens (including phenoxy) is 1. The molecule has 0 unspecified atom stereocenters. The highest BCUT2D eigenvalue weighted by molar-refractivity contribution is 7.16. The molecule has 0 aliphatic rings. The molecule has 0 bridgehead atoms. The molecule has 3 rings (SSSR count). The second-order valence-corrected chi connectivity index (χ2v) is 6.09. The maximum absolute atomic E-state index is 12.9. The molecule has 0 fully saturated rings. The maximum atomic E-state index is 12.9. The first-order valence-electron chi connectivity index (χ1n) is 7.24. The van der Waals surface area contributed by atoms with Crippen molar-refractivity contribution in [2.45, 2.75) is 13.1 Å². The van der Waals surface area contributed by atoms with Crippen molar-refractivity contribution in [1.82, 2.24) is 9.88 Å². The molecule has 1 amide bonds. The van der Waals surface area contributed by atoms with Gasteiger partial charge in [-0.25, -0.2) is 9.18 Å². The average molecular weight is 346 g/mol. The largest absolute Gasteiger partial charge is 0.464 e. The first-order valence-corrected chi connectivity index (χ1v) is 8.12. The van der Waals surface area contributed by atoms with E-state index < -0.39 is 5.97 Å².